The van der Waals surface area contributed by atoms with Gasteiger partial charge in [0.15, 0.2) is 0 Å². The van der Waals surface area contributed by atoms with Crippen molar-refractivity contribution in [1.29, 1.82) is 0 Å². The molecule has 0 heterocycles. The van der Waals surface area contributed by atoms with Crippen molar-refractivity contribution in [3.8, 4) is 0 Å². The molecule has 25 heavy (non-hydrogen) atoms. The van der Waals surface area contributed by atoms with Crippen LogP contribution in [0.2, 0.25) is 0 Å². The first-order chi connectivity index (χ1) is 11.5. The Kier molecular flexibility index (Phi) is 5.20. The van der Waals surface area contributed by atoms with Crippen LogP contribution < -0.4 is 17.2 Å². The van der Waals surface area contributed by atoms with Crippen molar-refractivity contribution in [2.45, 2.75) is 31.1 Å². The van der Waals surface area contributed by atoms with Crippen LogP contribution in [-0.4, -0.2) is 11.4 Å². The van der Waals surface area contributed by atoms with E-state index in [0.29, 0.717) is 11.1 Å². The number of hydrogen-bond donors (Lipinski definition) is 3. The fourth-order valence-electron chi connectivity index (χ4n) is 2.51. The van der Waals surface area contributed by atoms with E-state index in [1.54, 1.807) is 30.3 Å². The summed E-state index contributed by atoms with van der Waals surface area (Å²) in [4.78, 5) is 11.4. The molecule has 2 aromatic rings. The van der Waals surface area contributed by atoms with E-state index in [4.69, 9.17) is 17.2 Å². The van der Waals surface area contributed by atoms with Crippen molar-refractivity contribution in [2.24, 2.45) is 17.2 Å². The van der Waals surface area contributed by atoms with Gasteiger partial charge in [0.1, 0.15) is 5.54 Å². The topological polar surface area (TPSA) is 95.1 Å². The van der Waals surface area contributed by atoms with Crippen LogP contribution in [-0.2, 0) is 17.4 Å². The quantitative estimate of drug-likeness (QED) is 0.772. The Morgan fingerprint density at radius 1 is 1.08 bits per heavy atom. The summed E-state index contributed by atoms with van der Waals surface area (Å²) < 4.78 is 39.2. The Labute approximate surface area is 143 Å². The predicted octanol–water partition coefficient (Wildman–Crippen LogP) is 2.50. The number of carbonyl (C=O) groups is 1. The van der Waals surface area contributed by atoms with Crippen LogP contribution >= 0.6 is 0 Å². The number of nitrogens with two attached hydrogens (primary N) is 3. The molecule has 2 atom stereocenters. The van der Waals surface area contributed by atoms with Gasteiger partial charge in [-0.15, -0.1) is 0 Å². The Morgan fingerprint density at radius 3 is 2.16 bits per heavy atom. The van der Waals surface area contributed by atoms with Crippen molar-refractivity contribution in [1.82, 2.24) is 0 Å². The highest BCUT2D eigenvalue weighted by Gasteiger charge is 2.34. The Hall–Kier alpha value is -2.38. The van der Waals surface area contributed by atoms with E-state index in [9.17, 15) is 18.0 Å². The molecule has 0 radical (unpaired) electrons. The summed E-state index contributed by atoms with van der Waals surface area (Å²) in [5.41, 5.74) is 16.4. The second-order valence-corrected chi connectivity index (χ2v) is 6.20. The van der Waals surface area contributed by atoms with E-state index < -0.39 is 29.2 Å². The molecule has 0 fully saturated rings. The summed E-state index contributed by atoms with van der Waals surface area (Å²) in [5.74, 6) is -0.733. The molecule has 0 aliphatic rings. The molecular weight excluding hydrogens is 331 g/mol. The normalized spacial score (nSPS) is 15.4. The molecule has 1 amide bonds. The smallest absolute Gasteiger partial charge is 0.368 e. The van der Waals surface area contributed by atoms with Crippen LogP contribution in [0.15, 0.2) is 48.5 Å². The second-order valence-electron chi connectivity index (χ2n) is 6.20. The molecule has 0 saturated heterocycles. The van der Waals surface area contributed by atoms with Gasteiger partial charge in [-0.3, -0.25) is 4.79 Å². The first-order valence-corrected chi connectivity index (χ1v) is 7.61. The number of alkyl halides is 3. The van der Waals surface area contributed by atoms with Gasteiger partial charge in [-0.25, -0.2) is 0 Å². The van der Waals surface area contributed by atoms with Crippen LogP contribution in [0.25, 0.3) is 0 Å². The fraction of sp³-hybridized carbons (Fsp3) is 0.278. The number of amides is 1. The summed E-state index contributed by atoms with van der Waals surface area (Å²) in [7, 11) is 0. The fourth-order valence-corrected chi connectivity index (χ4v) is 2.51. The number of halogens is 3. The van der Waals surface area contributed by atoms with Gasteiger partial charge in [0.25, 0.3) is 0 Å². The monoisotopic (exact) mass is 351 g/mol. The summed E-state index contributed by atoms with van der Waals surface area (Å²) in [6, 6.07) is 11.2. The van der Waals surface area contributed by atoms with Gasteiger partial charge in [-0.2, -0.15) is 13.2 Å². The lowest BCUT2D eigenvalue weighted by molar-refractivity contribution is -0.138. The molecule has 2 rings (SSSR count). The molecular formula is C18H20F3N3O. The zero-order chi connectivity index (χ0) is 18.8. The SMILES string of the molecule is CC(N)(C(N)=O)C(N)c1ccc(Cc2ccccc2C(F)(F)F)cc1. The molecule has 2 unspecified atom stereocenters. The number of benzene rings is 2. The molecule has 134 valence electrons. The van der Waals surface area contributed by atoms with Crippen molar-refractivity contribution in [3.05, 3.63) is 70.8 Å². The number of carbonyl (C=O) groups excluding carboxylic acids is 1. The van der Waals surface area contributed by atoms with Gasteiger partial charge >= 0.3 is 6.18 Å². The summed E-state index contributed by atoms with van der Waals surface area (Å²) in [6.07, 6.45) is -4.28. The molecule has 6 N–H and O–H groups in total. The first kappa shape index (κ1) is 19.0. The number of hydrogen-bond acceptors (Lipinski definition) is 3. The number of primary amides is 1. The summed E-state index contributed by atoms with van der Waals surface area (Å²) >= 11 is 0. The highest BCUT2D eigenvalue weighted by Crippen LogP contribution is 2.33. The van der Waals surface area contributed by atoms with Crippen molar-refractivity contribution >= 4 is 5.91 Å². The van der Waals surface area contributed by atoms with Crippen LogP contribution in [0.5, 0.6) is 0 Å². The largest absolute Gasteiger partial charge is 0.416 e. The first-order valence-electron chi connectivity index (χ1n) is 7.61. The third-order valence-electron chi connectivity index (χ3n) is 4.23. The zero-order valence-corrected chi connectivity index (χ0v) is 13.7. The molecule has 4 nitrogen and oxygen atoms in total. The molecule has 0 aliphatic carbocycles. The highest BCUT2D eigenvalue weighted by atomic mass is 19.4. The van der Waals surface area contributed by atoms with Crippen molar-refractivity contribution in [3.63, 3.8) is 0 Å². The lowest BCUT2D eigenvalue weighted by Gasteiger charge is -2.28. The van der Waals surface area contributed by atoms with Gasteiger partial charge in [0, 0.05) is 0 Å². The minimum absolute atomic E-state index is 0.126. The van der Waals surface area contributed by atoms with Gasteiger partial charge in [0.2, 0.25) is 5.91 Å². The third-order valence-corrected chi connectivity index (χ3v) is 4.23. The van der Waals surface area contributed by atoms with E-state index in [-0.39, 0.29) is 12.0 Å². The molecule has 0 saturated carbocycles. The molecule has 2 aromatic carbocycles. The summed E-state index contributed by atoms with van der Waals surface area (Å²) in [5, 5.41) is 0. The van der Waals surface area contributed by atoms with Crippen molar-refractivity contribution in [2.75, 3.05) is 0 Å². The van der Waals surface area contributed by atoms with E-state index in [1.807, 2.05) is 0 Å². The van der Waals surface area contributed by atoms with E-state index in [1.165, 1.54) is 19.1 Å². The van der Waals surface area contributed by atoms with Crippen LogP contribution in [0.3, 0.4) is 0 Å². The third kappa shape index (κ3) is 4.18. The molecule has 7 heteroatoms. The second kappa shape index (κ2) is 6.85. The maximum absolute atomic E-state index is 13.1. The van der Waals surface area contributed by atoms with E-state index in [0.717, 1.165) is 6.07 Å². The molecule has 0 aromatic heterocycles. The van der Waals surface area contributed by atoms with Crippen LogP contribution in [0.4, 0.5) is 13.2 Å². The molecule has 0 aliphatic heterocycles. The standard InChI is InChI=1S/C18H20F3N3O/c1-17(24,16(23)25)15(22)12-8-6-11(7-9-12)10-13-4-2-3-5-14(13)18(19,20)21/h2-9,15H,10,22,24H2,1H3,(H2,23,25). The lowest BCUT2D eigenvalue weighted by atomic mass is 9.87. The average Bonchev–Trinajstić information content (AvgIpc) is 2.54. The zero-order valence-electron chi connectivity index (χ0n) is 13.7. The molecule has 0 spiro atoms. The van der Waals surface area contributed by atoms with Gasteiger partial charge < -0.3 is 17.2 Å². The van der Waals surface area contributed by atoms with Crippen LogP contribution in [0.1, 0.15) is 35.2 Å². The van der Waals surface area contributed by atoms with E-state index in [2.05, 4.69) is 0 Å². The molecule has 0 bridgehead atoms. The van der Waals surface area contributed by atoms with Gasteiger partial charge in [0.05, 0.1) is 11.6 Å². The predicted molar refractivity (Wildman–Crippen MR) is 89.4 cm³/mol. The number of rotatable bonds is 5. The minimum Gasteiger partial charge on any atom is -0.368 e. The van der Waals surface area contributed by atoms with Gasteiger partial charge in [-0.1, -0.05) is 42.5 Å². The Morgan fingerprint density at radius 2 is 1.64 bits per heavy atom. The maximum Gasteiger partial charge on any atom is 0.416 e. The van der Waals surface area contributed by atoms with Gasteiger partial charge in [-0.05, 0) is 36.1 Å². The Balaban J connectivity index is 2.24. The van der Waals surface area contributed by atoms with Crippen LogP contribution in [0, 0.1) is 0 Å². The maximum atomic E-state index is 13.1. The Bertz CT molecular complexity index is 755. The van der Waals surface area contributed by atoms with E-state index >= 15 is 0 Å². The minimum atomic E-state index is -4.40. The van der Waals surface area contributed by atoms with Crippen molar-refractivity contribution < 1.29 is 18.0 Å². The lowest BCUT2D eigenvalue weighted by Crippen LogP contribution is -2.56. The summed E-state index contributed by atoms with van der Waals surface area (Å²) in [6.45, 7) is 1.44. The average molecular weight is 351 g/mol. The highest BCUT2D eigenvalue weighted by molar-refractivity contribution is 5.85.